The van der Waals surface area contributed by atoms with E-state index in [-0.39, 0.29) is 6.61 Å². The van der Waals surface area contributed by atoms with Gasteiger partial charge in [-0.1, -0.05) is 12.8 Å². The Kier molecular flexibility index (Phi) is 4.31. The molecule has 5 heteroatoms. The Morgan fingerprint density at radius 3 is 2.81 bits per heavy atom. The monoisotopic (exact) mass is 349 g/mol. The summed E-state index contributed by atoms with van der Waals surface area (Å²) in [6.45, 7) is 0.792. The number of rotatable bonds is 4. The number of aromatic nitrogens is 1. The van der Waals surface area contributed by atoms with Crippen LogP contribution >= 0.6 is 15.9 Å². The summed E-state index contributed by atoms with van der Waals surface area (Å²) in [5.41, 5.74) is 8.82. The molecule has 0 unspecified atom stereocenters. The summed E-state index contributed by atoms with van der Waals surface area (Å²) in [6, 6.07) is 6.47. The molecule has 112 valence electrons. The normalized spacial score (nSPS) is 15.7. The van der Waals surface area contributed by atoms with Crippen molar-refractivity contribution in [2.45, 2.75) is 31.7 Å². The molecule has 1 aromatic heterocycles. The highest BCUT2D eigenvalue weighted by molar-refractivity contribution is 9.10. The van der Waals surface area contributed by atoms with E-state index in [0.717, 1.165) is 26.8 Å². The molecule has 1 fully saturated rings. The van der Waals surface area contributed by atoms with Crippen LogP contribution in [0.4, 0.5) is 11.4 Å². The molecule has 1 saturated carbocycles. The van der Waals surface area contributed by atoms with E-state index in [1.165, 1.54) is 25.7 Å². The number of anilines is 2. The van der Waals surface area contributed by atoms with Crippen molar-refractivity contribution in [2.75, 3.05) is 23.8 Å². The maximum Gasteiger partial charge on any atom is 0.0956 e. The summed E-state index contributed by atoms with van der Waals surface area (Å²) in [4.78, 5) is 6.87. The molecule has 0 bridgehead atoms. The van der Waals surface area contributed by atoms with Gasteiger partial charge in [0.25, 0.3) is 0 Å². The topological polar surface area (TPSA) is 62.4 Å². The third-order valence-electron chi connectivity index (χ3n) is 4.24. The van der Waals surface area contributed by atoms with Crippen molar-refractivity contribution < 1.29 is 5.11 Å². The average Bonchev–Trinajstić information content (AvgIpc) is 3.00. The zero-order valence-corrected chi connectivity index (χ0v) is 13.5. The predicted molar refractivity (Wildman–Crippen MR) is 90.5 cm³/mol. The fourth-order valence-corrected chi connectivity index (χ4v) is 3.59. The third-order valence-corrected chi connectivity index (χ3v) is 4.68. The molecule has 0 saturated heterocycles. The molecule has 3 rings (SSSR count). The standard InChI is InChI=1S/C16H20BrN3O/c17-11-9-13-14(18)5-6-15(16(13)19-10-11)20(7-8-21)12-3-1-2-4-12/h5-6,9-10,12,21H,1-4,7-8,18H2. The molecular weight excluding hydrogens is 330 g/mol. The van der Waals surface area contributed by atoms with Crippen LogP contribution in [0, 0.1) is 0 Å². The Morgan fingerprint density at radius 1 is 1.33 bits per heavy atom. The van der Waals surface area contributed by atoms with Crippen LogP contribution in [-0.2, 0) is 0 Å². The van der Waals surface area contributed by atoms with Crippen molar-refractivity contribution in [3.8, 4) is 0 Å². The zero-order valence-electron chi connectivity index (χ0n) is 11.9. The summed E-state index contributed by atoms with van der Waals surface area (Å²) < 4.78 is 0.924. The van der Waals surface area contributed by atoms with Gasteiger partial charge >= 0.3 is 0 Å². The van der Waals surface area contributed by atoms with Crippen LogP contribution < -0.4 is 10.6 Å². The van der Waals surface area contributed by atoms with Crippen LogP contribution in [0.5, 0.6) is 0 Å². The van der Waals surface area contributed by atoms with Crippen LogP contribution in [0.1, 0.15) is 25.7 Å². The SMILES string of the molecule is Nc1ccc(N(CCO)C2CCCC2)c2ncc(Br)cc12. The van der Waals surface area contributed by atoms with Crippen molar-refractivity contribution in [1.29, 1.82) is 0 Å². The van der Waals surface area contributed by atoms with E-state index >= 15 is 0 Å². The predicted octanol–water partition coefficient (Wildman–Crippen LogP) is 3.32. The van der Waals surface area contributed by atoms with E-state index < -0.39 is 0 Å². The molecule has 1 aliphatic rings. The lowest BCUT2D eigenvalue weighted by Crippen LogP contribution is -2.35. The lowest BCUT2D eigenvalue weighted by Gasteiger charge is -2.31. The number of nitrogens with two attached hydrogens (primary N) is 1. The Bertz CT molecular complexity index is 641. The molecule has 0 atom stereocenters. The number of fused-ring (bicyclic) bond motifs is 1. The lowest BCUT2D eigenvalue weighted by molar-refractivity contribution is 0.297. The summed E-state index contributed by atoms with van der Waals surface area (Å²) in [7, 11) is 0. The largest absolute Gasteiger partial charge is 0.398 e. The number of aliphatic hydroxyl groups excluding tert-OH is 1. The number of aliphatic hydroxyl groups is 1. The summed E-state index contributed by atoms with van der Waals surface area (Å²) in [6.07, 6.45) is 6.69. The number of pyridine rings is 1. The molecular formula is C16H20BrN3O. The first-order chi connectivity index (χ1) is 10.2. The highest BCUT2D eigenvalue weighted by Gasteiger charge is 2.24. The maximum atomic E-state index is 9.43. The Hall–Kier alpha value is -1.33. The quantitative estimate of drug-likeness (QED) is 0.831. The Labute approximate surface area is 133 Å². The van der Waals surface area contributed by atoms with Gasteiger partial charge in [0.05, 0.1) is 17.8 Å². The van der Waals surface area contributed by atoms with Crippen LogP contribution in [0.2, 0.25) is 0 Å². The smallest absolute Gasteiger partial charge is 0.0956 e. The van der Waals surface area contributed by atoms with Gasteiger partial charge in [0.2, 0.25) is 0 Å². The second-order valence-electron chi connectivity index (χ2n) is 5.58. The van der Waals surface area contributed by atoms with Crippen molar-refractivity contribution in [2.24, 2.45) is 0 Å². The number of nitrogens with zero attached hydrogens (tertiary/aromatic N) is 2. The fourth-order valence-electron chi connectivity index (χ4n) is 3.26. The third kappa shape index (κ3) is 2.85. The van der Waals surface area contributed by atoms with E-state index in [9.17, 15) is 5.11 Å². The van der Waals surface area contributed by atoms with Gasteiger partial charge < -0.3 is 15.7 Å². The molecule has 0 amide bonds. The first-order valence-corrected chi connectivity index (χ1v) is 8.21. The summed E-state index contributed by atoms with van der Waals surface area (Å²) in [5, 5.41) is 10.4. The minimum absolute atomic E-state index is 0.152. The number of nitrogen functional groups attached to an aromatic ring is 1. The van der Waals surface area contributed by atoms with Crippen LogP contribution in [0.15, 0.2) is 28.9 Å². The highest BCUT2D eigenvalue weighted by Crippen LogP contribution is 2.35. The first-order valence-electron chi connectivity index (χ1n) is 7.42. The second kappa shape index (κ2) is 6.20. The summed E-state index contributed by atoms with van der Waals surface area (Å²) in [5.74, 6) is 0. The van der Waals surface area contributed by atoms with Crippen LogP contribution in [0.3, 0.4) is 0 Å². The van der Waals surface area contributed by atoms with Crippen LogP contribution in [0.25, 0.3) is 10.9 Å². The number of hydrogen-bond acceptors (Lipinski definition) is 4. The van der Waals surface area contributed by atoms with Gasteiger partial charge in [-0.25, -0.2) is 0 Å². The molecule has 1 aromatic carbocycles. The van der Waals surface area contributed by atoms with Crippen molar-refractivity contribution in [3.63, 3.8) is 0 Å². The Balaban J connectivity index is 2.10. The molecule has 3 N–H and O–H groups in total. The van der Waals surface area contributed by atoms with Crippen LogP contribution in [-0.4, -0.2) is 29.3 Å². The second-order valence-corrected chi connectivity index (χ2v) is 6.49. The Morgan fingerprint density at radius 2 is 2.10 bits per heavy atom. The summed E-state index contributed by atoms with van der Waals surface area (Å²) >= 11 is 3.45. The molecule has 21 heavy (non-hydrogen) atoms. The van der Waals surface area contributed by atoms with Gasteiger partial charge in [-0.2, -0.15) is 0 Å². The van der Waals surface area contributed by atoms with E-state index in [1.54, 1.807) is 6.20 Å². The van der Waals surface area contributed by atoms with Gasteiger partial charge in [-0.05, 0) is 47.0 Å². The molecule has 0 aliphatic heterocycles. The van der Waals surface area contributed by atoms with Crippen molar-refractivity contribution >= 4 is 38.2 Å². The highest BCUT2D eigenvalue weighted by atomic mass is 79.9. The number of benzene rings is 1. The van der Waals surface area contributed by atoms with Crippen molar-refractivity contribution in [1.82, 2.24) is 4.98 Å². The van der Waals surface area contributed by atoms with Gasteiger partial charge in [0, 0.05) is 34.3 Å². The minimum atomic E-state index is 0.152. The molecule has 0 radical (unpaired) electrons. The zero-order chi connectivity index (χ0) is 14.8. The molecule has 1 aliphatic carbocycles. The molecule has 4 nitrogen and oxygen atoms in total. The molecule has 0 spiro atoms. The van der Waals surface area contributed by atoms with E-state index in [2.05, 4.69) is 25.8 Å². The minimum Gasteiger partial charge on any atom is -0.398 e. The number of halogens is 1. The maximum absolute atomic E-state index is 9.43. The molecule has 2 aromatic rings. The van der Waals surface area contributed by atoms with E-state index in [0.29, 0.717) is 12.6 Å². The van der Waals surface area contributed by atoms with Crippen molar-refractivity contribution in [3.05, 3.63) is 28.9 Å². The van der Waals surface area contributed by atoms with E-state index in [1.807, 2.05) is 18.2 Å². The van der Waals surface area contributed by atoms with E-state index in [4.69, 9.17) is 5.73 Å². The number of hydrogen-bond donors (Lipinski definition) is 2. The first kappa shape index (κ1) is 14.6. The fraction of sp³-hybridized carbons (Fsp3) is 0.438. The molecule has 1 heterocycles. The van der Waals surface area contributed by atoms with Gasteiger partial charge in [-0.3, -0.25) is 4.98 Å². The van der Waals surface area contributed by atoms with Gasteiger partial charge in [-0.15, -0.1) is 0 Å². The average molecular weight is 350 g/mol. The van der Waals surface area contributed by atoms with Gasteiger partial charge in [0.15, 0.2) is 0 Å². The lowest BCUT2D eigenvalue weighted by atomic mass is 10.1. The van der Waals surface area contributed by atoms with Gasteiger partial charge in [0.1, 0.15) is 0 Å².